The molecule has 0 fully saturated rings. The fourth-order valence-electron chi connectivity index (χ4n) is 0.875. The summed E-state index contributed by atoms with van der Waals surface area (Å²) in [5.74, 6) is 0. The van der Waals surface area contributed by atoms with Gasteiger partial charge in [0.15, 0.2) is 0 Å². The van der Waals surface area contributed by atoms with Gasteiger partial charge in [-0.15, -0.1) is 12.6 Å². The second-order valence-electron chi connectivity index (χ2n) is 2.25. The second-order valence-corrected chi connectivity index (χ2v) is 3.16. The van der Waals surface area contributed by atoms with Crippen LogP contribution < -0.4 is 0 Å². The van der Waals surface area contributed by atoms with Crippen LogP contribution in [0.25, 0.3) is 0 Å². The Morgan fingerprint density at radius 2 is 2.18 bits per heavy atom. The normalized spacial score (nSPS) is 10.1. The van der Waals surface area contributed by atoms with Crippen LogP contribution in [-0.4, -0.2) is 11.7 Å². The first kappa shape index (κ1) is 8.91. The third kappa shape index (κ3) is 2.40. The maximum absolute atomic E-state index is 8.66. The Morgan fingerprint density at radius 3 is 2.82 bits per heavy atom. The molecule has 0 bridgehead atoms. The van der Waals surface area contributed by atoms with E-state index in [1.807, 2.05) is 12.1 Å². The van der Waals surface area contributed by atoms with Crippen molar-refractivity contribution in [1.29, 1.82) is 0 Å². The smallest absolute Gasteiger partial charge is 0.0471 e. The largest absolute Gasteiger partial charge is 0.396 e. The lowest BCUT2D eigenvalue weighted by molar-refractivity contribution is 0.299. The highest BCUT2D eigenvalue weighted by Gasteiger charge is 1.98. The molecule has 0 aliphatic rings. The van der Waals surface area contributed by atoms with Gasteiger partial charge < -0.3 is 5.11 Å². The molecule has 60 valence electrons. The van der Waals surface area contributed by atoms with Gasteiger partial charge in [0.1, 0.15) is 0 Å². The molecule has 0 aromatic heterocycles. The summed E-state index contributed by atoms with van der Waals surface area (Å²) in [6.45, 7) is 0.133. The maximum atomic E-state index is 8.66. The molecule has 3 heteroatoms. The third-order valence-corrected chi connectivity index (χ3v) is 2.09. The molecule has 1 rings (SSSR count). The van der Waals surface area contributed by atoms with Crippen molar-refractivity contribution in [3.63, 3.8) is 0 Å². The molecule has 0 aliphatic carbocycles. The summed E-state index contributed by atoms with van der Waals surface area (Å²) in [5.41, 5.74) is 0.989. The van der Waals surface area contributed by atoms with Gasteiger partial charge in [0.25, 0.3) is 0 Å². The predicted octanol–water partition coefficient (Wildman–Crippen LogP) is 2.16. The van der Waals surface area contributed by atoms with E-state index in [0.717, 1.165) is 10.5 Å². The van der Waals surface area contributed by atoms with E-state index in [9.17, 15) is 0 Å². The quantitative estimate of drug-likeness (QED) is 0.682. The highest BCUT2D eigenvalue weighted by molar-refractivity contribution is 7.80. The van der Waals surface area contributed by atoms with Crippen LogP contribution in [0.4, 0.5) is 0 Å². The highest BCUT2D eigenvalue weighted by atomic mass is 35.5. The molecule has 0 amide bonds. The average Bonchev–Trinajstić information content (AvgIpc) is 1.98. The van der Waals surface area contributed by atoms with E-state index in [-0.39, 0.29) is 6.61 Å². The number of halogens is 1. The minimum absolute atomic E-state index is 0.133. The van der Waals surface area contributed by atoms with Crippen LogP contribution in [0.1, 0.15) is 5.56 Å². The molecule has 0 atom stereocenters. The van der Waals surface area contributed by atoms with Crippen LogP contribution in [0.2, 0.25) is 5.02 Å². The molecule has 0 radical (unpaired) electrons. The first-order valence-electron chi connectivity index (χ1n) is 3.32. The minimum Gasteiger partial charge on any atom is -0.396 e. The summed E-state index contributed by atoms with van der Waals surface area (Å²) in [7, 11) is 0. The Balaban J connectivity index is 2.93. The number of hydrogen-bond donors (Lipinski definition) is 2. The molecule has 1 N–H and O–H groups in total. The van der Waals surface area contributed by atoms with Crippen molar-refractivity contribution >= 4 is 24.2 Å². The molecule has 0 heterocycles. The zero-order valence-electron chi connectivity index (χ0n) is 5.92. The summed E-state index contributed by atoms with van der Waals surface area (Å²) in [4.78, 5) is 0.878. The van der Waals surface area contributed by atoms with E-state index in [1.54, 1.807) is 6.07 Å². The van der Waals surface area contributed by atoms with Crippen LogP contribution >= 0.6 is 24.2 Å². The predicted molar refractivity (Wildman–Crippen MR) is 49.5 cm³/mol. The molecule has 0 spiro atoms. The zero-order valence-corrected chi connectivity index (χ0v) is 7.57. The Labute approximate surface area is 76.4 Å². The van der Waals surface area contributed by atoms with E-state index < -0.39 is 0 Å². The number of aliphatic hydroxyl groups excluding tert-OH is 1. The minimum atomic E-state index is 0.133. The summed E-state index contributed by atoms with van der Waals surface area (Å²) in [6.07, 6.45) is 0.611. The average molecular weight is 189 g/mol. The van der Waals surface area contributed by atoms with Gasteiger partial charge in [0.2, 0.25) is 0 Å². The number of aliphatic hydroxyl groups is 1. The van der Waals surface area contributed by atoms with Gasteiger partial charge in [-0.2, -0.15) is 0 Å². The Kier molecular flexibility index (Phi) is 3.24. The summed E-state index contributed by atoms with van der Waals surface area (Å²) < 4.78 is 0. The lowest BCUT2D eigenvalue weighted by Gasteiger charge is -2.02. The molecule has 1 aromatic rings. The lowest BCUT2D eigenvalue weighted by atomic mass is 10.2. The van der Waals surface area contributed by atoms with Crippen LogP contribution in [0, 0.1) is 0 Å². The van der Waals surface area contributed by atoms with Gasteiger partial charge in [0, 0.05) is 16.5 Å². The van der Waals surface area contributed by atoms with Crippen molar-refractivity contribution in [2.45, 2.75) is 11.3 Å². The van der Waals surface area contributed by atoms with E-state index in [0.29, 0.717) is 11.4 Å². The molecular formula is C8H9ClOS. The molecule has 0 aliphatic heterocycles. The van der Waals surface area contributed by atoms with Gasteiger partial charge in [0.05, 0.1) is 0 Å². The molecule has 11 heavy (non-hydrogen) atoms. The lowest BCUT2D eigenvalue weighted by Crippen LogP contribution is -1.91. The topological polar surface area (TPSA) is 20.2 Å². The van der Waals surface area contributed by atoms with E-state index in [1.165, 1.54) is 0 Å². The van der Waals surface area contributed by atoms with E-state index in [2.05, 4.69) is 12.6 Å². The van der Waals surface area contributed by atoms with E-state index in [4.69, 9.17) is 16.7 Å². The van der Waals surface area contributed by atoms with Crippen LogP contribution in [-0.2, 0) is 6.42 Å². The Morgan fingerprint density at radius 1 is 1.45 bits per heavy atom. The number of hydrogen-bond acceptors (Lipinski definition) is 2. The van der Waals surface area contributed by atoms with Gasteiger partial charge in [-0.1, -0.05) is 11.6 Å². The monoisotopic (exact) mass is 188 g/mol. The first-order valence-corrected chi connectivity index (χ1v) is 4.15. The van der Waals surface area contributed by atoms with Crippen molar-refractivity contribution in [2.24, 2.45) is 0 Å². The second kappa shape index (κ2) is 4.00. The van der Waals surface area contributed by atoms with Gasteiger partial charge in [-0.25, -0.2) is 0 Å². The number of benzene rings is 1. The molecule has 0 saturated heterocycles. The van der Waals surface area contributed by atoms with E-state index >= 15 is 0 Å². The fraction of sp³-hybridized carbons (Fsp3) is 0.250. The first-order chi connectivity index (χ1) is 5.24. The highest BCUT2D eigenvalue weighted by Crippen LogP contribution is 2.19. The molecular weight excluding hydrogens is 180 g/mol. The van der Waals surface area contributed by atoms with Crippen molar-refractivity contribution in [3.8, 4) is 0 Å². The van der Waals surface area contributed by atoms with Crippen LogP contribution in [0.15, 0.2) is 23.1 Å². The standard InChI is InChI=1S/C8H9ClOS/c9-7-1-2-8(11)6(5-7)3-4-10/h1-2,5,10-11H,3-4H2. The Hall–Kier alpha value is -0.180. The van der Waals surface area contributed by atoms with Crippen molar-refractivity contribution in [2.75, 3.05) is 6.61 Å². The number of rotatable bonds is 2. The number of thiol groups is 1. The van der Waals surface area contributed by atoms with Crippen molar-refractivity contribution < 1.29 is 5.11 Å². The van der Waals surface area contributed by atoms with Gasteiger partial charge >= 0.3 is 0 Å². The summed E-state index contributed by atoms with van der Waals surface area (Å²) >= 11 is 9.95. The van der Waals surface area contributed by atoms with Gasteiger partial charge in [-0.05, 0) is 30.2 Å². The van der Waals surface area contributed by atoms with Crippen molar-refractivity contribution in [1.82, 2.24) is 0 Å². The van der Waals surface area contributed by atoms with Crippen LogP contribution in [0.5, 0.6) is 0 Å². The molecule has 0 saturated carbocycles. The molecule has 1 nitrogen and oxygen atoms in total. The summed E-state index contributed by atoms with van der Waals surface area (Å²) in [6, 6.07) is 5.43. The zero-order chi connectivity index (χ0) is 8.27. The Bertz CT molecular complexity index is 250. The molecule has 0 unspecified atom stereocenters. The van der Waals surface area contributed by atoms with Crippen LogP contribution in [0.3, 0.4) is 0 Å². The van der Waals surface area contributed by atoms with Gasteiger partial charge in [-0.3, -0.25) is 0 Å². The molecule has 1 aromatic carbocycles. The third-order valence-electron chi connectivity index (χ3n) is 1.42. The summed E-state index contributed by atoms with van der Waals surface area (Å²) in [5, 5.41) is 9.34. The fourth-order valence-corrected chi connectivity index (χ4v) is 1.32. The maximum Gasteiger partial charge on any atom is 0.0471 e. The van der Waals surface area contributed by atoms with Crippen molar-refractivity contribution in [3.05, 3.63) is 28.8 Å². The SMILES string of the molecule is OCCc1cc(Cl)ccc1S.